The summed E-state index contributed by atoms with van der Waals surface area (Å²) in [7, 11) is 1.53. The second-order valence-electron chi connectivity index (χ2n) is 7.48. The van der Waals surface area contributed by atoms with E-state index >= 15 is 0 Å². The number of methoxy groups -OCH3 is 1. The third kappa shape index (κ3) is 5.94. The van der Waals surface area contributed by atoms with Gasteiger partial charge in [0.2, 0.25) is 11.8 Å². The molecule has 0 saturated heterocycles. The molecule has 2 heterocycles. The molecule has 29 heavy (non-hydrogen) atoms. The van der Waals surface area contributed by atoms with Crippen molar-refractivity contribution in [1.82, 2.24) is 20.5 Å². The summed E-state index contributed by atoms with van der Waals surface area (Å²) < 4.78 is 10.5. The van der Waals surface area contributed by atoms with Crippen molar-refractivity contribution in [3.63, 3.8) is 0 Å². The molecule has 3 rings (SSSR count). The van der Waals surface area contributed by atoms with Crippen molar-refractivity contribution in [3.05, 3.63) is 35.7 Å². The van der Waals surface area contributed by atoms with E-state index in [0.717, 1.165) is 30.5 Å². The molecule has 1 aliphatic rings. The molecule has 0 aromatic carbocycles. The number of rotatable bonds is 7. The number of anilines is 1. The van der Waals surface area contributed by atoms with Gasteiger partial charge in [-0.3, -0.25) is 9.89 Å². The van der Waals surface area contributed by atoms with Crippen LogP contribution in [0.25, 0.3) is 0 Å². The first kappa shape index (κ1) is 20.6. The van der Waals surface area contributed by atoms with Crippen LogP contribution in [0.1, 0.15) is 50.3 Å². The predicted molar refractivity (Wildman–Crippen MR) is 107 cm³/mol. The Morgan fingerprint density at radius 2 is 2.14 bits per heavy atom. The first-order valence-electron chi connectivity index (χ1n) is 9.74. The second kappa shape index (κ2) is 9.40. The molecule has 1 unspecified atom stereocenters. The van der Waals surface area contributed by atoms with Crippen LogP contribution in [0, 0.1) is 0 Å². The summed E-state index contributed by atoms with van der Waals surface area (Å²) in [5.74, 6) is 0.995. The van der Waals surface area contributed by atoms with Gasteiger partial charge in [0.05, 0.1) is 13.5 Å². The molecule has 1 aliphatic carbocycles. The van der Waals surface area contributed by atoms with Gasteiger partial charge in [0.15, 0.2) is 5.82 Å². The quantitative estimate of drug-likeness (QED) is 0.656. The lowest BCUT2D eigenvalue weighted by atomic mass is 10.0. The molecule has 0 spiro atoms. The highest BCUT2D eigenvalue weighted by Gasteiger charge is 2.30. The van der Waals surface area contributed by atoms with Gasteiger partial charge in [-0.25, -0.2) is 9.78 Å². The number of carbonyl (C=O) groups is 2. The van der Waals surface area contributed by atoms with Crippen LogP contribution in [0.5, 0.6) is 5.88 Å². The fraction of sp³-hybridized carbons (Fsp3) is 0.500. The normalized spacial score (nSPS) is 18.5. The van der Waals surface area contributed by atoms with E-state index in [1.165, 1.54) is 7.11 Å². The first-order valence-corrected chi connectivity index (χ1v) is 9.74. The monoisotopic (exact) mass is 401 g/mol. The fourth-order valence-electron chi connectivity index (χ4n) is 3.40. The van der Waals surface area contributed by atoms with Gasteiger partial charge in [-0.2, -0.15) is 5.10 Å². The number of amides is 2. The molecule has 0 aliphatic heterocycles. The molecule has 3 N–H and O–H groups in total. The van der Waals surface area contributed by atoms with Crippen molar-refractivity contribution in [2.45, 2.75) is 57.6 Å². The van der Waals surface area contributed by atoms with E-state index in [4.69, 9.17) is 9.47 Å². The van der Waals surface area contributed by atoms with Crippen molar-refractivity contribution in [1.29, 1.82) is 0 Å². The fourth-order valence-corrected chi connectivity index (χ4v) is 3.40. The van der Waals surface area contributed by atoms with Crippen LogP contribution >= 0.6 is 0 Å². The maximum Gasteiger partial charge on any atom is 0.407 e. The summed E-state index contributed by atoms with van der Waals surface area (Å²) in [6.07, 6.45) is 3.75. The Hall–Kier alpha value is -3.10. The molecule has 9 heteroatoms. The average Bonchev–Trinajstić information content (AvgIpc) is 3.30. The van der Waals surface area contributed by atoms with Gasteiger partial charge in [-0.1, -0.05) is 0 Å². The molecule has 2 amide bonds. The van der Waals surface area contributed by atoms with Crippen LogP contribution in [0.2, 0.25) is 0 Å². The van der Waals surface area contributed by atoms with Gasteiger partial charge in [0, 0.05) is 36.0 Å². The van der Waals surface area contributed by atoms with E-state index in [9.17, 15) is 9.59 Å². The molecule has 1 fully saturated rings. The van der Waals surface area contributed by atoms with Crippen LogP contribution < -0.4 is 15.4 Å². The number of hydrogen-bond donors (Lipinski definition) is 3. The lowest BCUT2D eigenvalue weighted by Gasteiger charge is -2.14. The number of aromatic nitrogens is 3. The van der Waals surface area contributed by atoms with Gasteiger partial charge in [-0.05, 0) is 44.7 Å². The number of nitrogens with zero attached hydrogens (tertiary/aromatic N) is 2. The van der Waals surface area contributed by atoms with Crippen LogP contribution in [0.4, 0.5) is 10.6 Å². The summed E-state index contributed by atoms with van der Waals surface area (Å²) in [4.78, 5) is 28.1. The maximum absolute atomic E-state index is 12.3. The third-order valence-electron chi connectivity index (χ3n) is 4.74. The minimum absolute atomic E-state index is 0.0479. The molecule has 156 valence electrons. The number of nitrogens with one attached hydrogen (secondary N) is 3. The van der Waals surface area contributed by atoms with Gasteiger partial charge in [0.1, 0.15) is 6.10 Å². The number of alkyl carbamates (subject to hydrolysis) is 1. The summed E-state index contributed by atoms with van der Waals surface area (Å²) >= 11 is 0. The largest absolute Gasteiger partial charge is 0.481 e. The second-order valence-corrected chi connectivity index (χ2v) is 7.48. The zero-order valence-corrected chi connectivity index (χ0v) is 16.9. The number of pyridine rings is 1. The number of hydrogen-bond acceptors (Lipinski definition) is 6. The molecule has 0 bridgehead atoms. The van der Waals surface area contributed by atoms with Crippen LogP contribution in [-0.4, -0.2) is 46.4 Å². The zero-order valence-electron chi connectivity index (χ0n) is 16.9. The van der Waals surface area contributed by atoms with E-state index < -0.39 is 0 Å². The van der Waals surface area contributed by atoms with Crippen LogP contribution in [0.15, 0.2) is 24.4 Å². The summed E-state index contributed by atoms with van der Waals surface area (Å²) in [5, 5.41) is 12.7. The average molecular weight is 401 g/mol. The number of carbonyl (C=O) groups excluding carboxylic acids is 2. The van der Waals surface area contributed by atoms with Crippen molar-refractivity contribution in [2.24, 2.45) is 0 Å². The van der Waals surface area contributed by atoms with Gasteiger partial charge >= 0.3 is 6.09 Å². The standard InChI is InChI=1S/C20H27N5O4/c1-12(2)22-20(27)29-15-5-4-14(10-15)16-11-17(25-24-16)23-18(26)8-13-6-7-21-19(9-13)28-3/h6-7,9,11-12,14-15H,4-5,8,10H2,1-3H3,(H,22,27)(H2,23,24,25,26)/t14-,15?/m0/s1. The Labute approximate surface area is 169 Å². The van der Waals surface area contributed by atoms with Crippen molar-refractivity contribution < 1.29 is 19.1 Å². The molecule has 2 aromatic heterocycles. The molecule has 9 nitrogen and oxygen atoms in total. The smallest absolute Gasteiger partial charge is 0.407 e. The van der Waals surface area contributed by atoms with E-state index in [0.29, 0.717) is 11.7 Å². The van der Waals surface area contributed by atoms with E-state index in [-0.39, 0.29) is 36.5 Å². The molecule has 2 atom stereocenters. The minimum Gasteiger partial charge on any atom is -0.481 e. The summed E-state index contributed by atoms with van der Waals surface area (Å²) in [5.41, 5.74) is 1.74. The Balaban J connectivity index is 1.50. The minimum atomic E-state index is -0.379. The van der Waals surface area contributed by atoms with Gasteiger partial charge < -0.3 is 20.1 Å². The lowest BCUT2D eigenvalue weighted by molar-refractivity contribution is -0.115. The Bertz CT molecular complexity index is 851. The van der Waals surface area contributed by atoms with E-state index in [2.05, 4.69) is 25.8 Å². The molecule has 0 radical (unpaired) electrons. The van der Waals surface area contributed by atoms with E-state index in [1.807, 2.05) is 19.9 Å². The van der Waals surface area contributed by atoms with E-state index in [1.54, 1.807) is 18.3 Å². The molecule has 1 saturated carbocycles. The van der Waals surface area contributed by atoms with Crippen LogP contribution in [0.3, 0.4) is 0 Å². The predicted octanol–water partition coefficient (Wildman–Crippen LogP) is 2.77. The van der Waals surface area contributed by atoms with Crippen molar-refractivity contribution in [3.8, 4) is 5.88 Å². The highest BCUT2D eigenvalue weighted by molar-refractivity contribution is 5.91. The van der Waals surface area contributed by atoms with Crippen LogP contribution in [-0.2, 0) is 16.0 Å². The highest BCUT2D eigenvalue weighted by Crippen LogP contribution is 2.35. The molecule has 2 aromatic rings. The summed E-state index contributed by atoms with van der Waals surface area (Å²) in [6.45, 7) is 3.79. The van der Waals surface area contributed by atoms with Gasteiger partial charge in [0.25, 0.3) is 0 Å². The molecular weight excluding hydrogens is 374 g/mol. The highest BCUT2D eigenvalue weighted by atomic mass is 16.6. The lowest BCUT2D eigenvalue weighted by Crippen LogP contribution is -2.33. The SMILES string of the molecule is COc1cc(CC(=O)Nc2cc([C@H]3CCC(OC(=O)NC(C)C)C3)[nH]n2)ccn1. The summed E-state index contributed by atoms with van der Waals surface area (Å²) in [6, 6.07) is 5.38. The number of aromatic amines is 1. The van der Waals surface area contributed by atoms with Gasteiger partial charge in [-0.15, -0.1) is 0 Å². The van der Waals surface area contributed by atoms with Crippen molar-refractivity contribution in [2.75, 3.05) is 12.4 Å². The van der Waals surface area contributed by atoms with Crippen molar-refractivity contribution >= 4 is 17.8 Å². The Morgan fingerprint density at radius 3 is 2.90 bits per heavy atom. The zero-order chi connectivity index (χ0) is 20.8. The number of ether oxygens (including phenoxy) is 2. The number of H-pyrrole nitrogens is 1. The topological polar surface area (TPSA) is 118 Å². The Kier molecular flexibility index (Phi) is 6.69. The first-order chi connectivity index (χ1) is 13.9. The molecular formula is C20H27N5O4. The Morgan fingerprint density at radius 1 is 1.31 bits per heavy atom. The third-order valence-corrected chi connectivity index (χ3v) is 4.74. The maximum atomic E-state index is 12.3.